The molecule has 0 aliphatic rings. The van der Waals surface area contributed by atoms with Gasteiger partial charge in [-0.25, -0.2) is 4.98 Å². The second kappa shape index (κ2) is 3.95. The van der Waals surface area contributed by atoms with E-state index < -0.39 is 0 Å². The Hall–Kier alpha value is -1.48. The molecular weight excluding hydrogens is 214 g/mol. The van der Waals surface area contributed by atoms with Crippen LogP contribution in [-0.2, 0) is 0 Å². The molecule has 0 bridgehead atoms. The van der Waals surface area contributed by atoms with Crippen LogP contribution in [0.1, 0.15) is 0 Å². The number of aromatic nitrogens is 1. The Balaban J connectivity index is 2.75. The average Bonchev–Trinajstić information content (AvgIpc) is 2.28. The van der Waals surface area contributed by atoms with E-state index in [9.17, 15) is 0 Å². The van der Waals surface area contributed by atoms with Crippen LogP contribution >= 0.6 is 11.6 Å². The number of hydrogen-bond acceptors (Lipinski definition) is 3. The Morgan fingerprint density at radius 1 is 1.13 bits per heavy atom. The zero-order valence-corrected chi connectivity index (χ0v) is 9.21. The molecule has 1 aromatic heterocycles. The minimum atomic E-state index is 0.466. The molecule has 15 heavy (non-hydrogen) atoms. The minimum absolute atomic E-state index is 0.466. The van der Waals surface area contributed by atoms with E-state index in [-0.39, 0.29) is 0 Å². The van der Waals surface area contributed by atoms with E-state index in [1.807, 2.05) is 18.2 Å². The number of ether oxygens (including phenoxy) is 2. The molecule has 0 saturated heterocycles. The summed E-state index contributed by atoms with van der Waals surface area (Å²) in [5.41, 5.74) is 0. The summed E-state index contributed by atoms with van der Waals surface area (Å²) in [7, 11) is 3.19. The molecule has 2 rings (SSSR count). The molecule has 2 aromatic rings. The monoisotopic (exact) mass is 223 g/mol. The van der Waals surface area contributed by atoms with Gasteiger partial charge in [-0.3, -0.25) is 0 Å². The lowest BCUT2D eigenvalue weighted by Gasteiger charge is -2.09. The van der Waals surface area contributed by atoms with Crippen molar-refractivity contribution in [3.8, 4) is 11.5 Å². The van der Waals surface area contributed by atoms with Crippen molar-refractivity contribution >= 4 is 22.4 Å². The lowest BCUT2D eigenvalue weighted by molar-refractivity contribution is 0.356. The topological polar surface area (TPSA) is 31.4 Å². The second-order valence-electron chi connectivity index (χ2n) is 3.03. The fourth-order valence-corrected chi connectivity index (χ4v) is 1.68. The third kappa shape index (κ3) is 1.70. The highest BCUT2D eigenvalue weighted by Gasteiger charge is 2.07. The molecular formula is C11H10ClNO2. The number of hydrogen-bond donors (Lipinski definition) is 0. The highest BCUT2D eigenvalue weighted by atomic mass is 35.5. The fraction of sp³-hybridized carbons (Fsp3) is 0.182. The van der Waals surface area contributed by atoms with E-state index in [0.29, 0.717) is 16.7 Å². The highest BCUT2D eigenvalue weighted by Crippen LogP contribution is 2.34. The van der Waals surface area contributed by atoms with Crippen molar-refractivity contribution in [2.75, 3.05) is 14.2 Å². The molecule has 0 saturated carbocycles. The molecule has 0 radical (unpaired) electrons. The molecule has 0 atom stereocenters. The summed E-state index contributed by atoms with van der Waals surface area (Å²) >= 11 is 5.97. The maximum Gasteiger partial charge on any atom is 0.161 e. The SMILES string of the molecule is COc1cc2ccnc(Cl)c2cc1OC. The van der Waals surface area contributed by atoms with Crippen LogP contribution in [0.5, 0.6) is 11.5 Å². The van der Waals surface area contributed by atoms with Crippen LogP contribution in [0.25, 0.3) is 10.8 Å². The van der Waals surface area contributed by atoms with Crippen molar-refractivity contribution in [1.82, 2.24) is 4.98 Å². The van der Waals surface area contributed by atoms with Crippen LogP contribution in [0.4, 0.5) is 0 Å². The van der Waals surface area contributed by atoms with E-state index >= 15 is 0 Å². The smallest absolute Gasteiger partial charge is 0.161 e. The van der Waals surface area contributed by atoms with Gasteiger partial charge in [0.05, 0.1) is 14.2 Å². The van der Waals surface area contributed by atoms with Gasteiger partial charge in [-0.2, -0.15) is 0 Å². The third-order valence-electron chi connectivity index (χ3n) is 2.22. The number of fused-ring (bicyclic) bond motifs is 1. The van der Waals surface area contributed by atoms with Crippen molar-refractivity contribution in [1.29, 1.82) is 0 Å². The lowest BCUT2D eigenvalue weighted by atomic mass is 10.1. The summed E-state index contributed by atoms with van der Waals surface area (Å²) < 4.78 is 10.4. The van der Waals surface area contributed by atoms with Gasteiger partial charge in [0.25, 0.3) is 0 Å². The first-order valence-corrected chi connectivity index (χ1v) is 4.80. The summed E-state index contributed by atoms with van der Waals surface area (Å²) in [6.45, 7) is 0. The molecule has 0 aliphatic carbocycles. The number of pyridine rings is 1. The van der Waals surface area contributed by atoms with E-state index in [1.165, 1.54) is 0 Å². The molecule has 0 unspecified atom stereocenters. The minimum Gasteiger partial charge on any atom is -0.493 e. The zero-order chi connectivity index (χ0) is 10.8. The summed E-state index contributed by atoms with van der Waals surface area (Å²) in [6, 6.07) is 5.58. The van der Waals surface area contributed by atoms with Crippen LogP contribution in [0.2, 0.25) is 5.15 Å². The van der Waals surface area contributed by atoms with Crippen LogP contribution in [0.3, 0.4) is 0 Å². The van der Waals surface area contributed by atoms with Crippen molar-refractivity contribution < 1.29 is 9.47 Å². The van der Waals surface area contributed by atoms with Crippen molar-refractivity contribution in [2.24, 2.45) is 0 Å². The van der Waals surface area contributed by atoms with Crippen LogP contribution in [-0.4, -0.2) is 19.2 Å². The predicted octanol–water partition coefficient (Wildman–Crippen LogP) is 2.91. The maximum atomic E-state index is 5.97. The molecule has 0 N–H and O–H groups in total. The molecule has 0 fully saturated rings. The van der Waals surface area contributed by atoms with Crippen molar-refractivity contribution in [2.45, 2.75) is 0 Å². The molecule has 0 amide bonds. The van der Waals surface area contributed by atoms with E-state index in [1.54, 1.807) is 20.4 Å². The van der Waals surface area contributed by atoms with Crippen LogP contribution in [0, 0.1) is 0 Å². The largest absolute Gasteiger partial charge is 0.493 e. The van der Waals surface area contributed by atoms with E-state index in [4.69, 9.17) is 21.1 Å². The van der Waals surface area contributed by atoms with E-state index in [0.717, 1.165) is 10.8 Å². The van der Waals surface area contributed by atoms with Gasteiger partial charge >= 0.3 is 0 Å². The van der Waals surface area contributed by atoms with Crippen molar-refractivity contribution in [3.63, 3.8) is 0 Å². The van der Waals surface area contributed by atoms with E-state index in [2.05, 4.69) is 4.98 Å². The summed E-state index contributed by atoms with van der Waals surface area (Å²) in [5.74, 6) is 1.34. The van der Waals surface area contributed by atoms with Gasteiger partial charge in [-0.1, -0.05) is 11.6 Å². The molecule has 1 heterocycles. The number of methoxy groups -OCH3 is 2. The first kappa shape index (κ1) is 10.1. The summed E-state index contributed by atoms with van der Waals surface area (Å²) in [5, 5.41) is 2.30. The normalized spacial score (nSPS) is 10.3. The molecule has 4 heteroatoms. The Morgan fingerprint density at radius 3 is 2.47 bits per heavy atom. The number of rotatable bonds is 2. The number of halogens is 1. The average molecular weight is 224 g/mol. The quantitative estimate of drug-likeness (QED) is 0.734. The number of benzene rings is 1. The van der Waals surface area contributed by atoms with Crippen LogP contribution in [0.15, 0.2) is 24.4 Å². The first-order valence-electron chi connectivity index (χ1n) is 4.42. The van der Waals surface area contributed by atoms with Gasteiger partial charge in [-0.05, 0) is 23.6 Å². The molecule has 0 spiro atoms. The highest BCUT2D eigenvalue weighted by molar-refractivity contribution is 6.34. The number of nitrogens with zero attached hydrogens (tertiary/aromatic N) is 1. The second-order valence-corrected chi connectivity index (χ2v) is 3.39. The Kier molecular flexibility index (Phi) is 2.64. The van der Waals surface area contributed by atoms with Gasteiger partial charge in [0, 0.05) is 11.6 Å². The molecule has 0 aliphatic heterocycles. The predicted molar refractivity (Wildman–Crippen MR) is 59.9 cm³/mol. The molecule has 1 aromatic carbocycles. The third-order valence-corrected chi connectivity index (χ3v) is 2.52. The van der Waals surface area contributed by atoms with Gasteiger partial charge in [0.1, 0.15) is 5.15 Å². The maximum absolute atomic E-state index is 5.97. The van der Waals surface area contributed by atoms with Gasteiger partial charge in [0.2, 0.25) is 0 Å². The fourth-order valence-electron chi connectivity index (χ4n) is 1.46. The van der Waals surface area contributed by atoms with Crippen molar-refractivity contribution in [3.05, 3.63) is 29.5 Å². The van der Waals surface area contributed by atoms with Crippen LogP contribution < -0.4 is 9.47 Å². The summed E-state index contributed by atoms with van der Waals surface area (Å²) in [4.78, 5) is 4.01. The Morgan fingerprint density at radius 2 is 1.80 bits per heavy atom. The summed E-state index contributed by atoms with van der Waals surface area (Å²) in [6.07, 6.45) is 1.66. The van der Waals surface area contributed by atoms with Gasteiger partial charge in [0.15, 0.2) is 11.5 Å². The molecule has 3 nitrogen and oxygen atoms in total. The lowest BCUT2D eigenvalue weighted by Crippen LogP contribution is -1.91. The first-order chi connectivity index (χ1) is 7.26. The zero-order valence-electron chi connectivity index (χ0n) is 8.45. The standard InChI is InChI=1S/C11H10ClNO2/c1-14-9-5-7-3-4-13-11(12)8(7)6-10(9)15-2/h3-6H,1-2H3. The van der Waals surface area contributed by atoms with Gasteiger partial charge < -0.3 is 9.47 Å². The Labute approximate surface area is 92.6 Å². The molecule has 78 valence electrons. The van der Waals surface area contributed by atoms with Gasteiger partial charge in [-0.15, -0.1) is 0 Å². The Bertz CT molecular complexity index is 499.